The van der Waals surface area contributed by atoms with Gasteiger partial charge in [-0.05, 0) is 0 Å². The van der Waals surface area contributed by atoms with Crippen LogP contribution in [0, 0.1) is 0 Å². The number of nitrogen functional groups attached to an aromatic ring is 1. The number of imidazole rings is 1. The third kappa shape index (κ3) is 1.83. The Bertz CT molecular complexity index is 651. The Morgan fingerprint density at radius 2 is 2.35 bits per heavy atom. The maximum atomic E-state index is 10.1. The highest BCUT2D eigenvalue weighted by Gasteiger charge is 2.45. The van der Waals surface area contributed by atoms with Crippen molar-refractivity contribution in [2.45, 2.75) is 24.5 Å². The zero-order chi connectivity index (χ0) is 15.1. The van der Waals surface area contributed by atoms with E-state index in [0.717, 1.165) is 0 Å². The summed E-state index contributed by atoms with van der Waals surface area (Å²) in [6.07, 6.45) is -1.06. The molecular formula is C11H15N5O4. The van der Waals surface area contributed by atoms with E-state index in [1.54, 1.807) is 0 Å². The van der Waals surface area contributed by atoms with Crippen molar-refractivity contribution in [2.24, 2.45) is 0 Å². The van der Waals surface area contributed by atoms with Crippen LogP contribution in [0.15, 0.2) is 12.7 Å². The molecule has 0 amide bonds. The lowest BCUT2D eigenvalue weighted by atomic mass is 10.1. The van der Waals surface area contributed by atoms with Crippen molar-refractivity contribution >= 4 is 17.0 Å². The molecule has 4 N–H and O–H groups in total. The number of aliphatic hydroxyl groups excluding tert-OH is 2. The molecule has 1 aliphatic heterocycles. The lowest BCUT2D eigenvalue weighted by molar-refractivity contribution is -0.0583. The van der Waals surface area contributed by atoms with Crippen LogP contribution in [-0.4, -0.2) is 61.7 Å². The molecule has 1 aliphatic rings. The van der Waals surface area contributed by atoms with E-state index in [2.05, 4.69) is 15.0 Å². The first kappa shape index (κ1) is 12.0. The van der Waals surface area contributed by atoms with E-state index in [0.29, 0.717) is 11.2 Å². The Balaban J connectivity index is 2.03. The van der Waals surface area contributed by atoms with E-state index < -0.39 is 31.1 Å². The standard InChI is InChI=1S/C11H15N5O4/c1-19-8-7(18)5(2-17)20-11(8)16-4-15-6-9(12)13-3-14-10(6)16/h3-5,7-8,11,17-18H,2H2,1H3,(H2,12,13,14)/t5-,7-,8-,11-/m1/s1/i2D/t2?,5-,7-,8-,11-. The Kier molecular flexibility index (Phi) is 2.96. The van der Waals surface area contributed by atoms with Crippen molar-refractivity contribution in [1.82, 2.24) is 19.5 Å². The van der Waals surface area contributed by atoms with Crippen LogP contribution >= 0.6 is 0 Å². The van der Waals surface area contributed by atoms with Crippen molar-refractivity contribution in [3.05, 3.63) is 12.7 Å². The Hall–Kier alpha value is -1.81. The van der Waals surface area contributed by atoms with Gasteiger partial charge < -0.3 is 25.4 Å². The minimum Gasteiger partial charge on any atom is -0.394 e. The number of aromatic nitrogens is 4. The van der Waals surface area contributed by atoms with E-state index in [1.165, 1.54) is 24.3 Å². The fourth-order valence-electron chi connectivity index (χ4n) is 2.33. The van der Waals surface area contributed by atoms with E-state index >= 15 is 0 Å². The van der Waals surface area contributed by atoms with Crippen LogP contribution in [0.1, 0.15) is 7.60 Å². The number of anilines is 1. The van der Waals surface area contributed by atoms with Gasteiger partial charge in [0.15, 0.2) is 17.7 Å². The van der Waals surface area contributed by atoms with Gasteiger partial charge in [-0.15, -0.1) is 0 Å². The van der Waals surface area contributed by atoms with Crippen molar-refractivity contribution in [3.63, 3.8) is 0 Å². The topological polar surface area (TPSA) is 129 Å². The first-order valence-electron chi connectivity index (χ1n) is 6.52. The number of nitrogens with zero attached hydrogens (tertiary/aromatic N) is 4. The number of methoxy groups -OCH3 is 1. The van der Waals surface area contributed by atoms with Crippen LogP contribution in [0.2, 0.25) is 0 Å². The molecule has 2 aromatic heterocycles. The van der Waals surface area contributed by atoms with E-state index in [9.17, 15) is 10.2 Å². The number of aliphatic hydroxyl groups is 2. The smallest absolute Gasteiger partial charge is 0.167 e. The molecule has 9 nitrogen and oxygen atoms in total. The molecule has 2 aromatic rings. The summed E-state index contributed by atoms with van der Waals surface area (Å²) >= 11 is 0. The number of hydrogen-bond acceptors (Lipinski definition) is 8. The van der Waals surface area contributed by atoms with Gasteiger partial charge in [-0.3, -0.25) is 4.57 Å². The fourth-order valence-corrected chi connectivity index (χ4v) is 2.33. The summed E-state index contributed by atoms with van der Waals surface area (Å²) in [6, 6.07) is 0. The zero-order valence-electron chi connectivity index (χ0n) is 11.6. The monoisotopic (exact) mass is 282 g/mol. The lowest BCUT2D eigenvalue weighted by Crippen LogP contribution is -2.34. The van der Waals surface area contributed by atoms with Crippen molar-refractivity contribution in [3.8, 4) is 0 Å². The predicted molar refractivity (Wildman–Crippen MR) is 67.5 cm³/mol. The minimum atomic E-state index is -1.59. The molecule has 0 radical (unpaired) electrons. The highest BCUT2D eigenvalue weighted by Crippen LogP contribution is 2.33. The molecule has 0 bridgehead atoms. The summed E-state index contributed by atoms with van der Waals surface area (Å²) in [5.74, 6) is 0.225. The molecule has 1 unspecified atom stereocenters. The second-order valence-corrected chi connectivity index (χ2v) is 4.41. The summed E-state index contributed by atoms with van der Waals surface area (Å²) in [7, 11) is 1.41. The van der Waals surface area contributed by atoms with Crippen LogP contribution in [-0.2, 0) is 9.47 Å². The van der Waals surface area contributed by atoms with Gasteiger partial charge in [0.2, 0.25) is 0 Å². The van der Waals surface area contributed by atoms with Crippen LogP contribution in [0.3, 0.4) is 0 Å². The molecule has 108 valence electrons. The fraction of sp³-hybridized carbons (Fsp3) is 0.545. The van der Waals surface area contributed by atoms with E-state index in [-0.39, 0.29) is 5.82 Å². The third-order valence-corrected chi connectivity index (χ3v) is 3.33. The van der Waals surface area contributed by atoms with Crippen LogP contribution in [0.25, 0.3) is 11.2 Å². The van der Waals surface area contributed by atoms with Gasteiger partial charge >= 0.3 is 0 Å². The Labute approximate surface area is 115 Å². The quantitative estimate of drug-likeness (QED) is 0.632. The molecule has 20 heavy (non-hydrogen) atoms. The van der Waals surface area contributed by atoms with Gasteiger partial charge in [-0.1, -0.05) is 0 Å². The number of hydrogen-bond donors (Lipinski definition) is 3. The molecule has 0 saturated carbocycles. The average Bonchev–Trinajstić information content (AvgIpc) is 3.00. The van der Waals surface area contributed by atoms with Crippen molar-refractivity contribution < 1.29 is 21.1 Å². The maximum absolute atomic E-state index is 10.1. The second kappa shape index (κ2) is 4.94. The van der Waals surface area contributed by atoms with Gasteiger partial charge in [0.1, 0.15) is 30.2 Å². The molecule has 5 atom stereocenters. The normalized spacial score (nSPS) is 32.5. The van der Waals surface area contributed by atoms with Crippen molar-refractivity contribution in [1.29, 1.82) is 0 Å². The first-order valence-corrected chi connectivity index (χ1v) is 5.94. The summed E-state index contributed by atoms with van der Waals surface area (Å²) in [4.78, 5) is 12.0. The number of nitrogens with two attached hydrogens (primary N) is 1. The Morgan fingerprint density at radius 1 is 1.55 bits per heavy atom. The second-order valence-electron chi connectivity index (χ2n) is 4.41. The van der Waals surface area contributed by atoms with Gasteiger partial charge in [-0.2, -0.15) is 0 Å². The third-order valence-electron chi connectivity index (χ3n) is 3.33. The summed E-state index contributed by atoms with van der Waals surface area (Å²) in [5.41, 5.74) is 6.54. The SMILES string of the molecule is [2H]C(O)[C@H]1O[C@@H](n2cnc3c(N)ncnc32)[C@H](OC)[C@@H]1O. The molecule has 1 fully saturated rings. The van der Waals surface area contributed by atoms with Gasteiger partial charge in [0, 0.05) is 7.11 Å². The molecule has 0 aliphatic carbocycles. The predicted octanol–water partition coefficient (Wildman–Crippen LogP) is -1.33. The van der Waals surface area contributed by atoms with E-state index in [1.807, 2.05) is 0 Å². The first-order chi connectivity index (χ1) is 10.0. The number of fused-ring (bicyclic) bond motifs is 1. The summed E-state index contributed by atoms with van der Waals surface area (Å²) in [6.45, 7) is -1.59. The highest BCUT2D eigenvalue weighted by atomic mass is 16.6. The molecule has 0 spiro atoms. The summed E-state index contributed by atoms with van der Waals surface area (Å²) < 4.78 is 19.6. The van der Waals surface area contributed by atoms with Gasteiger partial charge in [0.25, 0.3) is 0 Å². The Morgan fingerprint density at radius 3 is 3.05 bits per heavy atom. The number of rotatable bonds is 3. The lowest BCUT2D eigenvalue weighted by Gasteiger charge is -2.19. The molecule has 0 aromatic carbocycles. The van der Waals surface area contributed by atoms with Crippen LogP contribution in [0.4, 0.5) is 5.82 Å². The van der Waals surface area contributed by atoms with Crippen LogP contribution in [0.5, 0.6) is 0 Å². The van der Waals surface area contributed by atoms with Gasteiger partial charge in [0.05, 0.1) is 14.3 Å². The molecule has 9 heteroatoms. The zero-order valence-corrected chi connectivity index (χ0v) is 10.6. The molecular weight excluding hydrogens is 266 g/mol. The molecule has 3 rings (SSSR count). The minimum absolute atomic E-state index is 0.225. The number of ether oxygens (including phenoxy) is 2. The average molecular weight is 282 g/mol. The van der Waals surface area contributed by atoms with E-state index in [4.69, 9.17) is 16.6 Å². The van der Waals surface area contributed by atoms with Crippen molar-refractivity contribution in [2.75, 3.05) is 19.4 Å². The largest absolute Gasteiger partial charge is 0.394 e. The summed E-state index contributed by atoms with van der Waals surface area (Å²) in [5, 5.41) is 19.5. The molecule has 1 saturated heterocycles. The van der Waals surface area contributed by atoms with Crippen LogP contribution < -0.4 is 5.73 Å². The maximum Gasteiger partial charge on any atom is 0.167 e. The highest BCUT2D eigenvalue weighted by molar-refractivity contribution is 5.81. The molecule has 3 heterocycles. The van der Waals surface area contributed by atoms with Gasteiger partial charge in [-0.25, -0.2) is 15.0 Å².